The number of rotatable bonds is 3. The van der Waals surface area contributed by atoms with Crippen LogP contribution in [0.3, 0.4) is 0 Å². The fraction of sp³-hybridized carbons (Fsp3) is 0.611. The van der Waals surface area contributed by atoms with Crippen LogP contribution in [0.5, 0.6) is 0 Å². The third kappa shape index (κ3) is 5.74. The highest BCUT2D eigenvalue weighted by Crippen LogP contribution is 2.29. The maximum absolute atomic E-state index is 12.6. The van der Waals surface area contributed by atoms with Crippen molar-refractivity contribution in [3.8, 4) is 0 Å². The Morgan fingerprint density at radius 3 is 2.56 bits per heavy atom. The number of para-hydroxylation sites is 2. The van der Waals surface area contributed by atoms with Crippen LogP contribution in [0.25, 0.3) is 0 Å². The average Bonchev–Trinajstić information content (AvgIpc) is 2.56. The first-order valence-corrected chi connectivity index (χ1v) is 8.70. The first kappa shape index (κ1) is 22.0. The normalized spacial score (nSPS) is 24.0. The summed E-state index contributed by atoms with van der Waals surface area (Å²) in [6.07, 6.45) is 3.17. The van der Waals surface area contributed by atoms with E-state index >= 15 is 0 Å². The molecule has 2 aliphatic heterocycles. The number of nitrogens with zero attached hydrogens (tertiary/aromatic N) is 1. The number of hydrogen-bond donors (Lipinski definition) is 3. The van der Waals surface area contributed by atoms with Crippen LogP contribution in [0.4, 0.5) is 11.4 Å². The Bertz CT molecular complexity index is 551. The molecule has 2 aliphatic rings. The van der Waals surface area contributed by atoms with Gasteiger partial charge in [-0.3, -0.25) is 4.79 Å². The van der Waals surface area contributed by atoms with E-state index in [4.69, 9.17) is 0 Å². The van der Waals surface area contributed by atoms with Crippen molar-refractivity contribution in [2.45, 2.75) is 44.8 Å². The summed E-state index contributed by atoms with van der Waals surface area (Å²) in [5, 5.41) is 16.2. The summed E-state index contributed by atoms with van der Waals surface area (Å²) >= 11 is 0. The van der Waals surface area contributed by atoms with Crippen molar-refractivity contribution in [3.05, 3.63) is 24.3 Å². The van der Waals surface area contributed by atoms with Gasteiger partial charge in [0.1, 0.15) is 0 Å². The van der Waals surface area contributed by atoms with E-state index in [0.717, 1.165) is 56.7 Å². The molecular weight excluding hydrogens is 361 g/mol. The molecule has 2 atom stereocenters. The molecule has 0 spiro atoms. The average molecular weight is 390 g/mol. The standard InChI is InChI=1S/C18H27N3O2.2ClH/c1-13-12-14(6-9-19-13)18(23)20-16-4-2-3-5-17(16)21-10-7-15(22)8-11-21;;/h2-5,13-15,19,22H,6-12H2,1H3,(H,20,23);2*1H/t13-,14-;;/m0../s1. The Balaban J connectivity index is 0.00000156. The fourth-order valence-electron chi connectivity index (χ4n) is 3.57. The van der Waals surface area contributed by atoms with Crippen molar-refractivity contribution >= 4 is 42.1 Å². The van der Waals surface area contributed by atoms with Gasteiger partial charge in [0.25, 0.3) is 0 Å². The Morgan fingerprint density at radius 1 is 1.20 bits per heavy atom. The molecule has 0 radical (unpaired) electrons. The van der Waals surface area contributed by atoms with E-state index in [0.29, 0.717) is 6.04 Å². The van der Waals surface area contributed by atoms with Gasteiger partial charge in [-0.05, 0) is 51.3 Å². The molecule has 1 aromatic rings. The van der Waals surface area contributed by atoms with Crippen LogP contribution in [-0.4, -0.2) is 42.8 Å². The van der Waals surface area contributed by atoms with Gasteiger partial charge in [0.05, 0.1) is 17.5 Å². The number of anilines is 2. The molecule has 0 saturated carbocycles. The van der Waals surface area contributed by atoms with E-state index in [2.05, 4.69) is 28.5 Å². The number of hydrogen-bond acceptors (Lipinski definition) is 4. The summed E-state index contributed by atoms with van der Waals surface area (Å²) < 4.78 is 0. The number of benzene rings is 1. The molecule has 142 valence electrons. The highest BCUT2D eigenvalue weighted by molar-refractivity contribution is 5.96. The molecule has 3 N–H and O–H groups in total. The second kappa shape index (κ2) is 10.2. The van der Waals surface area contributed by atoms with Gasteiger partial charge in [-0.2, -0.15) is 0 Å². The number of halogens is 2. The lowest BCUT2D eigenvalue weighted by Crippen LogP contribution is -2.40. The molecule has 3 rings (SSSR count). The van der Waals surface area contributed by atoms with Gasteiger partial charge in [0.15, 0.2) is 0 Å². The van der Waals surface area contributed by atoms with E-state index in [1.807, 2.05) is 18.2 Å². The molecule has 0 aliphatic carbocycles. The molecule has 0 unspecified atom stereocenters. The maximum Gasteiger partial charge on any atom is 0.227 e. The number of nitrogens with one attached hydrogen (secondary N) is 2. The molecule has 0 bridgehead atoms. The lowest BCUT2D eigenvalue weighted by molar-refractivity contribution is -0.120. The van der Waals surface area contributed by atoms with Crippen LogP contribution in [-0.2, 0) is 4.79 Å². The highest BCUT2D eigenvalue weighted by Gasteiger charge is 2.26. The van der Waals surface area contributed by atoms with Gasteiger partial charge in [-0.1, -0.05) is 12.1 Å². The Morgan fingerprint density at radius 2 is 1.88 bits per heavy atom. The van der Waals surface area contributed by atoms with Crippen molar-refractivity contribution in [1.29, 1.82) is 0 Å². The Kier molecular flexibility index (Phi) is 9.00. The minimum atomic E-state index is -0.191. The maximum atomic E-state index is 12.6. The van der Waals surface area contributed by atoms with Gasteiger partial charge >= 0.3 is 0 Å². The summed E-state index contributed by atoms with van der Waals surface area (Å²) in [5.41, 5.74) is 1.95. The molecule has 2 fully saturated rings. The second-order valence-electron chi connectivity index (χ2n) is 6.80. The largest absolute Gasteiger partial charge is 0.393 e. The number of carbonyl (C=O) groups excluding carboxylic acids is 1. The fourth-order valence-corrected chi connectivity index (χ4v) is 3.57. The molecule has 5 nitrogen and oxygen atoms in total. The lowest BCUT2D eigenvalue weighted by atomic mass is 9.92. The van der Waals surface area contributed by atoms with Gasteiger partial charge < -0.3 is 20.6 Å². The van der Waals surface area contributed by atoms with Crippen LogP contribution in [0.2, 0.25) is 0 Å². The predicted octanol–water partition coefficient (Wildman–Crippen LogP) is 2.82. The van der Waals surface area contributed by atoms with Gasteiger partial charge in [0, 0.05) is 25.0 Å². The van der Waals surface area contributed by atoms with Crippen molar-refractivity contribution in [1.82, 2.24) is 5.32 Å². The molecule has 1 aromatic carbocycles. The molecule has 2 saturated heterocycles. The van der Waals surface area contributed by atoms with E-state index in [1.165, 1.54) is 0 Å². The summed E-state index contributed by atoms with van der Waals surface area (Å²) in [6.45, 7) is 4.70. The van der Waals surface area contributed by atoms with Crippen molar-refractivity contribution < 1.29 is 9.90 Å². The molecular formula is C18H29Cl2N3O2. The van der Waals surface area contributed by atoms with Gasteiger partial charge in [0.2, 0.25) is 5.91 Å². The Hall–Kier alpha value is -1.01. The number of aliphatic hydroxyl groups excluding tert-OH is 1. The Labute approximate surface area is 162 Å². The summed E-state index contributed by atoms with van der Waals surface area (Å²) in [6, 6.07) is 8.39. The monoisotopic (exact) mass is 389 g/mol. The summed E-state index contributed by atoms with van der Waals surface area (Å²) in [7, 11) is 0. The number of aliphatic hydroxyl groups is 1. The predicted molar refractivity (Wildman–Crippen MR) is 107 cm³/mol. The second-order valence-corrected chi connectivity index (χ2v) is 6.80. The third-order valence-electron chi connectivity index (χ3n) is 4.96. The first-order chi connectivity index (χ1) is 11.1. The van der Waals surface area contributed by atoms with E-state index in [-0.39, 0.29) is 42.7 Å². The quantitative estimate of drug-likeness (QED) is 0.743. The van der Waals surface area contributed by atoms with Crippen molar-refractivity contribution in [3.63, 3.8) is 0 Å². The van der Waals surface area contributed by atoms with E-state index < -0.39 is 0 Å². The number of piperidine rings is 2. The molecule has 2 heterocycles. The van der Waals surface area contributed by atoms with Crippen LogP contribution in [0.1, 0.15) is 32.6 Å². The van der Waals surface area contributed by atoms with E-state index in [1.54, 1.807) is 0 Å². The molecule has 25 heavy (non-hydrogen) atoms. The van der Waals surface area contributed by atoms with Crippen LogP contribution in [0, 0.1) is 5.92 Å². The topological polar surface area (TPSA) is 64.6 Å². The SMILES string of the molecule is C[C@H]1C[C@@H](C(=O)Nc2ccccc2N2CCC(O)CC2)CCN1.Cl.Cl. The highest BCUT2D eigenvalue weighted by atomic mass is 35.5. The zero-order chi connectivity index (χ0) is 16.2. The number of amides is 1. The van der Waals surface area contributed by atoms with Crippen LogP contribution < -0.4 is 15.5 Å². The zero-order valence-corrected chi connectivity index (χ0v) is 16.2. The van der Waals surface area contributed by atoms with Gasteiger partial charge in [-0.25, -0.2) is 0 Å². The lowest BCUT2D eigenvalue weighted by Gasteiger charge is -2.33. The molecule has 0 aromatic heterocycles. The van der Waals surface area contributed by atoms with Gasteiger partial charge in [-0.15, -0.1) is 24.8 Å². The summed E-state index contributed by atoms with van der Waals surface area (Å²) in [5.74, 6) is 0.213. The van der Waals surface area contributed by atoms with E-state index in [9.17, 15) is 9.90 Å². The molecule has 1 amide bonds. The summed E-state index contributed by atoms with van der Waals surface area (Å²) in [4.78, 5) is 14.9. The third-order valence-corrected chi connectivity index (χ3v) is 4.96. The van der Waals surface area contributed by atoms with Crippen molar-refractivity contribution in [2.75, 3.05) is 29.9 Å². The minimum Gasteiger partial charge on any atom is -0.393 e. The van der Waals surface area contributed by atoms with Crippen LogP contribution >= 0.6 is 24.8 Å². The smallest absolute Gasteiger partial charge is 0.227 e. The van der Waals surface area contributed by atoms with Crippen LogP contribution in [0.15, 0.2) is 24.3 Å². The molecule has 7 heteroatoms. The zero-order valence-electron chi connectivity index (χ0n) is 14.6. The first-order valence-electron chi connectivity index (χ1n) is 8.70. The minimum absolute atomic E-state index is 0. The number of carbonyl (C=O) groups is 1. The van der Waals surface area contributed by atoms with Crippen molar-refractivity contribution in [2.24, 2.45) is 5.92 Å².